The Morgan fingerprint density at radius 2 is 1.82 bits per heavy atom. The summed E-state index contributed by atoms with van der Waals surface area (Å²) < 4.78 is 0. The molecule has 4 rings (SSSR count). The van der Waals surface area contributed by atoms with Gasteiger partial charge in [-0.2, -0.15) is 0 Å². The summed E-state index contributed by atoms with van der Waals surface area (Å²) >= 11 is 6.12. The Morgan fingerprint density at radius 3 is 2.56 bits per heavy atom. The third-order valence-corrected chi connectivity index (χ3v) is 7.23. The zero-order chi connectivity index (χ0) is 24.1. The number of carbonyl (C=O) groups excluding carboxylic acids is 2. The maximum Gasteiger partial charge on any atom is 0.237 e. The Bertz CT molecular complexity index is 995. The molecule has 2 fully saturated rings. The molecule has 0 unspecified atom stereocenters. The number of anilines is 1. The molecule has 0 radical (unpaired) electrons. The van der Waals surface area contributed by atoms with Crippen molar-refractivity contribution in [2.45, 2.75) is 44.8 Å². The number of nitrogens with one attached hydrogen (secondary N) is 2. The highest BCUT2D eigenvalue weighted by Crippen LogP contribution is 2.28. The molecule has 8 heteroatoms. The third-order valence-electron chi connectivity index (χ3n) is 6.90. The third kappa shape index (κ3) is 6.29. The first-order valence-electron chi connectivity index (χ1n) is 12.0. The summed E-state index contributed by atoms with van der Waals surface area (Å²) in [4.78, 5) is 30.1. The number of benzene rings is 2. The number of hydrogen-bond donors (Lipinski definition) is 3. The fourth-order valence-corrected chi connectivity index (χ4v) is 4.98. The summed E-state index contributed by atoms with van der Waals surface area (Å²) in [6, 6.07) is 14.8. The molecular weight excluding hydrogens is 452 g/mol. The second-order valence-electron chi connectivity index (χ2n) is 9.35. The first-order valence-corrected chi connectivity index (χ1v) is 12.4. The average molecular weight is 485 g/mol. The predicted octanol–water partition coefficient (Wildman–Crippen LogP) is 3.48. The quantitative estimate of drug-likeness (QED) is 0.560. The molecule has 0 aromatic heterocycles. The number of piperidine rings is 1. The number of aromatic hydroxyl groups is 1. The van der Waals surface area contributed by atoms with Crippen LogP contribution in [-0.4, -0.2) is 65.0 Å². The molecule has 2 aliphatic rings. The minimum absolute atomic E-state index is 0.0554. The Balaban J connectivity index is 1.21. The second-order valence-corrected chi connectivity index (χ2v) is 9.76. The lowest BCUT2D eigenvalue weighted by Gasteiger charge is -2.35. The Hall–Kier alpha value is -2.61. The largest absolute Gasteiger partial charge is 0.508 e. The van der Waals surface area contributed by atoms with Crippen LogP contribution in [0.3, 0.4) is 0 Å². The van der Waals surface area contributed by atoms with E-state index < -0.39 is 0 Å². The molecule has 2 aromatic rings. The van der Waals surface area contributed by atoms with Crippen molar-refractivity contribution in [3.05, 3.63) is 59.1 Å². The summed E-state index contributed by atoms with van der Waals surface area (Å²) in [6.45, 7) is 6.08. The monoisotopic (exact) mass is 484 g/mol. The van der Waals surface area contributed by atoms with Crippen LogP contribution in [0.4, 0.5) is 5.69 Å². The van der Waals surface area contributed by atoms with E-state index in [1.807, 2.05) is 13.0 Å². The van der Waals surface area contributed by atoms with Gasteiger partial charge in [-0.1, -0.05) is 41.9 Å². The normalized spacial score (nSPS) is 20.7. The number of carbonyl (C=O) groups is 2. The average Bonchev–Trinajstić information content (AvgIpc) is 3.28. The van der Waals surface area contributed by atoms with Crippen molar-refractivity contribution >= 4 is 29.1 Å². The number of phenolic OH excluding ortho intramolecular Hbond substituents is 1. The zero-order valence-electron chi connectivity index (χ0n) is 19.5. The predicted molar refractivity (Wildman–Crippen MR) is 134 cm³/mol. The number of rotatable bonds is 7. The number of nitrogens with zero attached hydrogens (tertiary/aromatic N) is 2. The van der Waals surface area contributed by atoms with E-state index in [4.69, 9.17) is 11.6 Å². The van der Waals surface area contributed by atoms with Gasteiger partial charge in [0.25, 0.3) is 0 Å². The van der Waals surface area contributed by atoms with E-state index in [1.54, 1.807) is 6.07 Å². The molecule has 0 spiro atoms. The van der Waals surface area contributed by atoms with Gasteiger partial charge in [0, 0.05) is 37.7 Å². The van der Waals surface area contributed by atoms with E-state index in [1.165, 1.54) is 17.7 Å². The lowest BCUT2D eigenvalue weighted by Crippen LogP contribution is -2.51. The molecule has 0 bridgehead atoms. The maximum atomic E-state index is 12.9. The number of hydrogen-bond acceptors (Lipinski definition) is 5. The summed E-state index contributed by atoms with van der Waals surface area (Å²) in [6.07, 6.45) is 2.31. The SMILES string of the molecule is C[C@H](C(=O)N[C@@H]1CCN(Cc2ccccc2)C1)N1CCC(C(=O)Nc2cc(O)ccc2Cl)CC1. The van der Waals surface area contributed by atoms with Gasteiger partial charge in [-0.05, 0) is 57.0 Å². The van der Waals surface area contributed by atoms with Crippen LogP contribution in [0.1, 0.15) is 31.7 Å². The van der Waals surface area contributed by atoms with Gasteiger partial charge in [0.2, 0.25) is 11.8 Å². The molecule has 2 atom stereocenters. The van der Waals surface area contributed by atoms with Crippen molar-refractivity contribution in [1.29, 1.82) is 0 Å². The number of phenols is 1. The van der Waals surface area contributed by atoms with E-state index in [2.05, 4.69) is 44.7 Å². The van der Waals surface area contributed by atoms with Gasteiger partial charge in [-0.3, -0.25) is 19.4 Å². The molecule has 182 valence electrons. The van der Waals surface area contributed by atoms with Crippen molar-refractivity contribution in [1.82, 2.24) is 15.1 Å². The lowest BCUT2D eigenvalue weighted by molar-refractivity contribution is -0.127. The van der Waals surface area contributed by atoms with Gasteiger partial charge in [-0.25, -0.2) is 0 Å². The lowest BCUT2D eigenvalue weighted by atomic mass is 9.94. The Kier molecular flexibility index (Phi) is 8.08. The molecule has 2 aromatic carbocycles. The van der Waals surface area contributed by atoms with E-state index in [0.717, 1.165) is 26.1 Å². The van der Waals surface area contributed by atoms with Gasteiger partial charge in [0.1, 0.15) is 5.75 Å². The standard InChI is InChI=1S/C26H33ClN4O3/c1-18(25(33)28-21-11-12-30(17-21)16-19-5-3-2-4-6-19)31-13-9-20(10-14-31)26(34)29-24-15-22(32)7-8-23(24)27/h2-8,15,18,20-21,32H,9-14,16-17H2,1H3,(H,28,33)(H,29,34)/t18-,21-/m1/s1. The number of likely N-dealkylation sites (tertiary alicyclic amines) is 2. The van der Waals surface area contributed by atoms with Crippen molar-refractivity contribution in [3.8, 4) is 5.75 Å². The maximum absolute atomic E-state index is 12.9. The van der Waals surface area contributed by atoms with E-state index >= 15 is 0 Å². The van der Waals surface area contributed by atoms with Gasteiger partial charge < -0.3 is 15.7 Å². The molecule has 0 saturated carbocycles. The Labute approximate surface area is 206 Å². The highest BCUT2D eigenvalue weighted by molar-refractivity contribution is 6.33. The summed E-state index contributed by atoms with van der Waals surface area (Å²) in [7, 11) is 0. The van der Waals surface area contributed by atoms with Crippen LogP contribution in [0.2, 0.25) is 5.02 Å². The van der Waals surface area contributed by atoms with Crippen LogP contribution >= 0.6 is 11.6 Å². The molecule has 3 N–H and O–H groups in total. The van der Waals surface area contributed by atoms with E-state index in [-0.39, 0.29) is 35.6 Å². The van der Waals surface area contributed by atoms with Gasteiger partial charge in [0.15, 0.2) is 0 Å². The fraction of sp³-hybridized carbons (Fsp3) is 0.462. The molecule has 0 aliphatic carbocycles. The van der Waals surface area contributed by atoms with Crippen molar-refractivity contribution in [2.75, 3.05) is 31.5 Å². The van der Waals surface area contributed by atoms with Gasteiger partial charge in [0.05, 0.1) is 16.8 Å². The molecule has 2 heterocycles. The fourth-order valence-electron chi connectivity index (χ4n) is 4.82. The first kappa shape index (κ1) is 24.5. The van der Waals surface area contributed by atoms with Gasteiger partial charge >= 0.3 is 0 Å². The molecule has 2 amide bonds. The number of amides is 2. The molecule has 34 heavy (non-hydrogen) atoms. The Morgan fingerprint density at radius 1 is 1.09 bits per heavy atom. The highest BCUT2D eigenvalue weighted by Gasteiger charge is 2.32. The minimum atomic E-state index is -0.229. The van der Waals surface area contributed by atoms with Crippen LogP contribution in [0.15, 0.2) is 48.5 Å². The highest BCUT2D eigenvalue weighted by atomic mass is 35.5. The van der Waals surface area contributed by atoms with Crippen molar-refractivity contribution in [2.24, 2.45) is 5.92 Å². The van der Waals surface area contributed by atoms with Crippen molar-refractivity contribution in [3.63, 3.8) is 0 Å². The van der Waals surface area contributed by atoms with Gasteiger partial charge in [-0.15, -0.1) is 0 Å². The van der Waals surface area contributed by atoms with Crippen LogP contribution in [0, 0.1) is 5.92 Å². The molecule has 2 aliphatic heterocycles. The van der Waals surface area contributed by atoms with E-state index in [9.17, 15) is 14.7 Å². The first-order chi connectivity index (χ1) is 16.4. The van der Waals surface area contributed by atoms with Crippen molar-refractivity contribution < 1.29 is 14.7 Å². The molecular formula is C26H33ClN4O3. The zero-order valence-corrected chi connectivity index (χ0v) is 20.3. The topological polar surface area (TPSA) is 84.9 Å². The summed E-state index contributed by atoms with van der Waals surface area (Å²) in [5, 5.41) is 16.1. The summed E-state index contributed by atoms with van der Waals surface area (Å²) in [5.41, 5.74) is 1.71. The van der Waals surface area contributed by atoms with E-state index in [0.29, 0.717) is 36.6 Å². The number of halogens is 1. The second kappa shape index (κ2) is 11.2. The van der Waals surface area contributed by atoms with Crippen LogP contribution in [-0.2, 0) is 16.1 Å². The van der Waals surface area contributed by atoms with Crippen LogP contribution in [0.25, 0.3) is 0 Å². The molecule has 2 saturated heterocycles. The summed E-state index contributed by atoms with van der Waals surface area (Å²) in [5.74, 6) is -0.138. The minimum Gasteiger partial charge on any atom is -0.508 e. The smallest absolute Gasteiger partial charge is 0.237 e. The van der Waals surface area contributed by atoms with Crippen LogP contribution < -0.4 is 10.6 Å². The van der Waals surface area contributed by atoms with Crippen LogP contribution in [0.5, 0.6) is 5.75 Å². The molecule has 7 nitrogen and oxygen atoms in total.